The SMILES string of the molecule is CN(C)c1cc(F)ccc1CN1C[C@H]2N(C(=O)CN(C)N2C(=O)NCc2ccccc2)[C@@H](Cc2ccc(O[P+](O)(O)O)cc2)C1=O. The molecule has 0 bridgehead atoms. The van der Waals surface area contributed by atoms with E-state index < -0.39 is 32.2 Å². The van der Waals surface area contributed by atoms with E-state index in [4.69, 9.17) is 4.52 Å². The van der Waals surface area contributed by atoms with Crippen LogP contribution in [0.5, 0.6) is 5.75 Å². The van der Waals surface area contributed by atoms with Gasteiger partial charge in [0, 0.05) is 46.3 Å². The van der Waals surface area contributed by atoms with Crippen molar-refractivity contribution < 1.29 is 38.0 Å². The number of amides is 4. The first-order valence-corrected chi connectivity index (χ1v) is 16.1. The lowest BCUT2D eigenvalue weighted by molar-refractivity contribution is -0.187. The summed E-state index contributed by atoms with van der Waals surface area (Å²) < 4.78 is 18.9. The van der Waals surface area contributed by atoms with Crippen LogP contribution in [0.25, 0.3) is 0 Å². The molecule has 3 aromatic rings. The van der Waals surface area contributed by atoms with Crippen molar-refractivity contribution in [2.45, 2.75) is 31.7 Å². The number of hydrogen-bond donors (Lipinski definition) is 4. The molecule has 2 saturated heterocycles. The van der Waals surface area contributed by atoms with Gasteiger partial charge in [-0.25, -0.2) is 19.2 Å². The van der Waals surface area contributed by atoms with E-state index in [2.05, 4.69) is 5.32 Å². The molecular weight excluding hydrogens is 618 g/mol. The molecule has 0 unspecified atom stereocenters. The van der Waals surface area contributed by atoms with Crippen LogP contribution in [0.15, 0.2) is 72.8 Å². The Morgan fingerprint density at radius 3 is 2.37 bits per heavy atom. The Labute approximate surface area is 266 Å². The Morgan fingerprint density at radius 2 is 1.72 bits per heavy atom. The Kier molecular flexibility index (Phi) is 9.75. The molecule has 4 amide bonds. The molecule has 2 aliphatic heterocycles. The number of piperazine rings is 1. The number of likely N-dealkylation sites (N-methyl/N-ethyl adjacent to an activating group) is 1. The summed E-state index contributed by atoms with van der Waals surface area (Å²) in [6.45, 7) is 0.235. The zero-order valence-electron chi connectivity index (χ0n) is 25.7. The fraction of sp³-hybridized carbons (Fsp3) is 0.323. The first-order chi connectivity index (χ1) is 21.8. The maximum absolute atomic E-state index is 14.2. The zero-order valence-corrected chi connectivity index (χ0v) is 26.5. The van der Waals surface area contributed by atoms with E-state index in [9.17, 15) is 33.5 Å². The molecule has 0 spiro atoms. The molecule has 2 heterocycles. The summed E-state index contributed by atoms with van der Waals surface area (Å²) >= 11 is 0. The standard InChI is InChI=1S/C31H36FN6O7P/c1-34(2)26-16-24(32)12-11-23(26)18-36-19-28-37(27(30(36)40)15-21-9-13-25(14-10-21)45-46(42,43)44)29(39)20-35(3)38(28)31(41)33-17-22-7-5-4-6-8-22/h4-14,16,27-28,42-44H,15,17-20H2,1-3H3/p+1/t27-,28-/m0/s1. The van der Waals surface area contributed by atoms with Gasteiger partial charge in [0.25, 0.3) is 0 Å². The monoisotopic (exact) mass is 655 g/mol. The van der Waals surface area contributed by atoms with Crippen molar-refractivity contribution in [1.82, 2.24) is 25.1 Å². The highest BCUT2D eigenvalue weighted by Crippen LogP contribution is 2.46. The van der Waals surface area contributed by atoms with Crippen LogP contribution >= 0.6 is 8.17 Å². The number of nitrogens with zero attached hydrogens (tertiary/aromatic N) is 5. The van der Waals surface area contributed by atoms with Crippen molar-refractivity contribution in [2.75, 3.05) is 39.1 Å². The molecule has 2 fully saturated rings. The molecule has 15 heteroatoms. The molecule has 3 aromatic carbocycles. The minimum absolute atomic E-state index is 0.00326. The Bertz CT molecular complexity index is 1570. The van der Waals surface area contributed by atoms with Crippen LogP contribution in [0, 0.1) is 5.82 Å². The van der Waals surface area contributed by atoms with Gasteiger partial charge in [0.05, 0.1) is 13.1 Å². The van der Waals surface area contributed by atoms with E-state index in [1.807, 2.05) is 30.3 Å². The number of carbonyl (C=O) groups is 3. The molecule has 0 aliphatic carbocycles. The van der Waals surface area contributed by atoms with Crippen molar-refractivity contribution in [1.29, 1.82) is 0 Å². The van der Waals surface area contributed by atoms with Crippen molar-refractivity contribution in [3.63, 3.8) is 0 Å². The highest BCUT2D eigenvalue weighted by molar-refractivity contribution is 7.53. The van der Waals surface area contributed by atoms with Gasteiger partial charge in [0.15, 0.2) is 5.75 Å². The van der Waals surface area contributed by atoms with E-state index >= 15 is 0 Å². The third kappa shape index (κ3) is 7.54. The maximum Gasteiger partial charge on any atom is 0.613 e. The Balaban J connectivity index is 1.48. The Hall–Kier alpha value is -4.33. The second-order valence-corrected chi connectivity index (χ2v) is 12.7. The lowest BCUT2D eigenvalue weighted by Crippen LogP contribution is -2.76. The van der Waals surface area contributed by atoms with E-state index in [0.29, 0.717) is 16.8 Å². The van der Waals surface area contributed by atoms with Crippen LogP contribution in [0.3, 0.4) is 0 Å². The van der Waals surface area contributed by atoms with E-state index in [1.165, 1.54) is 39.2 Å². The molecule has 46 heavy (non-hydrogen) atoms. The number of rotatable bonds is 9. The zero-order chi connectivity index (χ0) is 33.2. The minimum Gasteiger partial charge on any atom is -0.377 e. The fourth-order valence-corrected chi connectivity index (χ4v) is 6.25. The molecule has 5 rings (SSSR count). The number of hydrazine groups is 1. The number of halogens is 1. The first kappa shape index (κ1) is 33.0. The third-order valence-corrected chi connectivity index (χ3v) is 8.36. The second-order valence-electron chi connectivity index (χ2n) is 11.4. The van der Waals surface area contributed by atoms with Crippen molar-refractivity contribution in [2.24, 2.45) is 0 Å². The van der Waals surface area contributed by atoms with Crippen LogP contribution in [-0.4, -0.2) is 98.8 Å². The van der Waals surface area contributed by atoms with Crippen LogP contribution in [-0.2, 0) is 29.1 Å². The predicted molar refractivity (Wildman–Crippen MR) is 168 cm³/mol. The van der Waals surface area contributed by atoms with Gasteiger partial charge in [-0.3, -0.25) is 14.1 Å². The largest absolute Gasteiger partial charge is 0.613 e. The number of urea groups is 1. The fourth-order valence-electron chi connectivity index (χ4n) is 5.85. The lowest BCUT2D eigenvalue weighted by Gasteiger charge is -2.54. The predicted octanol–water partition coefficient (Wildman–Crippen LogP) is 2.11. The lowest BCUT2D eigenvalue weighted by atomic mass is 9.98. The molecule has 2 atom stereocenters. The summed E-state index contributed by atoms with van der Waals surface area (Å²) in [5.74, 6) is -1.09. The third-order valence-electron chi connectivity index (χ3n) is 7.90. The van der Waals surface area contributed by atoms with Gasteiger partial charge < -0.3 is 20.0 Å². The number of anilines is 1. The highest BCUT2D eigenvalue weighted by atomic mass is 31.2. The van der Waals surface area contributed by atoms with Crippen LogP contribution in [0.1, 0.15) is 16.7 Å². The summed E-state index contributed by atoms with van der Waals surface area (Å²) in [5.41, 5.74) is 2.79. The average Bonchev–Trinajstić information content (AvgIpc) is 2.99. The summed E-state index contributed by atoms with van der Waals surface area (Å²) in [6.07, 6.45) is -0.776. The average molecular weight is 656 g/mol. The summed E-state index contributed by atoms with van der Waals surface area (Å²) in [6, 6.07) is 18.3. The molecule has 0 saturated carbocycles. The molecule has 244 valence electrons. The van der Waals surface area contributed by atoms with E-state index in [-0.39, 0.29) is 50.2 Å². The highest BCUT2D eigenvalue weighted by Gasteiger charge is 2.50. The van der Waals surface area contributed by atoms with Crippen LogP contribution in [0.2, 0.25) is 0 Å². The summed E-state index contributed by atoms with van der Waals surface area (Å²) in [7, 11) is 0.675. The smallest absolute Gasteiger partial charge is 0.377 e. The number of nitrogens with one attached hydrogen (secondary N) is 1. The topological polar surface area (TPSA) is 149 Å². The Morgan fingerprint density at radius 1 is 1.02 bits per heavy atom. The summed E-state index contributed by atoms with van der Waals surface area (Å²) in [4.78, 5) is 74.0. The van der Waals surface area contributed by atoms with Crippen LogP contribution in [0.4, 0.5) is 14.9 Å². The van der Waals surface area contributed by atoms with Crippen LogP contribution < -0.4 is 14.7 Å². The summed E-state index contributed by atoms with van der Waals surface area (Å²) in [5, 5.41) is 5.92. The van der Waals surface area contributed by atoms with Crippen molar-refractivity contribution >= 4 is 31.7 Å². The van der Waals surface area contributed by atoms with Gasteiger partial charge in [0.2, 0.25) is 11.8 Å². The number of fused-ring (bicyclic) bond motifs is 1. The van der Waals surface area contributed by atoms with Gasteiger partial charge in [0.1, 0.15) is 18.0 Å². The number of benzene rings is 3. The second kappa shape index (κ2) is 13.6. The molecular formula is C31H37FN6O7P+. The van der Waals surface area contributed by atoms with Crippen molar-refractivity contribution in [3.8, 4) is 5.75 Å². The molecule has 2 aliphatic rings. The van der Waals surface area contributed by atoms with E-state index in [0.717, 1.165) is 5.56 Å². The normalized spacial score (nSPS) is 18.8. The number of carbonyl (C=O) groups excluding carboxylic acids is 3. The molecule has 13 nitrogen and oxygen atoms in total. The minimum atomic E-state index is -4.52. The molecule has 4 N–H and O–H groups in total. The molecule has 0 radical (unpaired) electrons. The quantitative estimate of drug-likeness (QED) is 0.255. The van der Waals surface area contributed by atoms with Gasteiger partial charge in [-0.15, -0.1) is 0 Å². The van der Waals surface area contributed by atoms with E-state index in [1.54, 1.807) is 49.1 Å². The van der Waals surface area contributed by atoms with Gasteiger partial charge in [-0.1, -0.05) is 48.5 Å². The molecule has 0 aromatic heterocycles. The van der Waals surface area contributed by atoms with Gasteiger partial charge in [-0.2, -0.15) is 14.7 Å². The van der Waals surface area contributed by atoms with Gasteiger partial charge in [-0.05, 0) is 41.0 Å². The van der Waals surface area contributed by atoms with Crippen molar-refractivity contribution in [3.05, 3.63) is 95.3 Å². The number of hydrogen-bond acceptors (Lipinski definition) is 9. The van der Waals surface area contributed by atoms with Gasteiger partial charge >= 0.3 is 14.2 Å². The first-order valence-electron chi connectivity index (χ1n) is 14.5. The maximum atomic E-state index is 14.2.